The maximum absolute atomic E-state index is 4.19. The van der Waals surface area contributed by atoms with E-state index >= 15 is 0 Å². The monoisotopic (exact) mass is 241 g/mol. The van der Waals surface area contributed by atoms with Gasteiger partial charge < -0.3 is 5.32 Å². The van der Waals surface area contributed by atoms with Crippen LogP contribution in [-0.4, -0.2) is 34.4 Å². The molecule has 1 aromatic rings. The number of thioether (sulfide) groups is 1. The number of nitrogens with zero attached hydrogens (tertiary/aromatic N) is 2. The average molecular weight is 241 g/mol. The van der Waals surface area contributed by atoms with Gasteiger partial charge in [0.25, 0.3) is 0 Å². The molecule has 3 nitrogen and oxygen atoms in total. The summed E-state index contributed by atoms with van der Waals surface area (Å²) < 4.78 is 1.96. The Morgan fingerprint density at radius 1 is 1.56 bits per heavy atom. The first-order chi connectivity index (χ1) is 7.77. The first-order valence-electron chi connectivity index (χ1n) is 5.99. The lowest BCUT2D eigenvalue weighted by Gasteiger charge is -2.15. The fourth-order valence-corrected chi connectivity index (χ4v) is 2.72. The van der Waals surface area contributed by atoms with Crippen LogP contribution in [0.1, 0.15) is 25.5 Å². The Bertz CT molecular complexity index is 286. The molecule has 1 atom stereocenters. The zero-order chi connectivity index (χ0) is 11.8. The molecule has 0 aliphatic heterocycles. The van der Waals surface area contributed by atoms with Crippen LogP contribution in [0.25, 0.3) is 0 Å². The van der Waals surface area contributed by atoms with Crippen molar-refractivity contribution >= 4 is 11.8 Å². The molecule has 16 heavy (non-hydrogen) atoms. The molecule has 1 heterocycles. The van der Waals surface area contributed by atoms with Gasteiger partial charge in [0.2, 0.25) is 0 Å². The number of rotatable bonds is 8. The van der Waals surface area contributed by atoms with E-state index in [2.05, 4.69) is 30.5 Å². The number of hydrogen-bond acceptors (Lipinski definition) is 3. The molecular weight excluding hydrogens is 218 g/mol. The van der Waals surface area contributed by atoms with Crippen molar-refractivity contribution in [3.8, 4) is 0 Å². The highest BCUT2D eigenvalue weighted by Gasteiger charge is 2.07. The van der Waals surface area contributed by atoms with Crippen LogP contribution < -0.4 is 5.32 Å². The van der Waals surface area contributed by atoms with E-state index in [4.69, 9.17) is 0 Å². The van der Waals surface area contributed by atoms with Gasteiger partial charge in [0.15, 0.2) is 0 Å². The second-order valence-electron chi connectivity index (χ2n) is 4.05. The van der Waals surface area contributed by atoms with Crippen LogP contribution in [0.2, 0.25) is 0 Å². The van der Waals surface area contributed by atoms with E-state index < -0.39 is 0 Å². The molecule has 0 bridgehead atoms. The summed E-state index contributed by atoms with van der Waals surface area (Å²) in [5.74, 6) is 2.48. The largest absolute Gasteiger partial charge is 0.316 e. The quantitative estimate of drug-likeness (QED) is 0.707. The van der Waals surface area contributed by atoms with Crippen molar-refractivity contribution in [2.24, 2.45) is 7.05 Å². The number of nitrogens with one attached hydrogen (secondary N) is 1. The van der Waals surface area contributed by atoms with E-state index in [1.807, 2.05) is 29.7 Å². The molecule has 0 radical (unpaired) electrons. The summed E-state index contributed by atoms with van der Waals surface area (Å²) >= 11 is 2.04. The van der Waals surface area contributed by atoms with E-state index in [-0.39, 0.29) is 0 Å². The Morgan fingerprint density at radius 3 is 2.94 bits per heavy atom. The fraction of sp³-hybridized carbons (Fsp3) is 0.750. The normalized spacial score (nSPS) is 12.9. The molecule has 0 aliphatic carbocycles. The standard InChI is InChI=1S/C12H23N3S/c1-4-9-16-10-11(13-2)5-6-12-7-8-14-15(12)3/h7-8,11,13H,4-6,9-10H2,1-3H3. The lowest BCUT2D eigenvalue weighted by Crippen LogP contribution is -2.28. The van der Waals surface area contributed by atoms with E-state index in [1.54, 1.807) is 0 Å². The molecule has 4 heteroatoms. The van der Waals surface area contributed by atoms with Gasteiger partial charge >= 0.3 is 0 Å². The second-order valence-corrected chi connectivity index (χ2v) is 5.20. The van der Waals surface area contributed by atoms with Crippen molar-refractivity contribution in [2.45, 2.75) is 32.2 Å². The third kappa shape index (κ3) is 4.58. The van der Waals surface area contributed by atoms with Crippen LogP contribution in [0, 0.1) is 0 Å². The van der Waals surface area contributed by atoms with Crippen molar-refractivity contribution in [2.75, 3.05) is 18.6 Å². The Kier molecular flexibility index (Phi) is 6.57. The van der Waals surface area contributed by atoms with Crippen LogP contribution in [0.3, 0.4) is 0 Å². The molecule has 0 aliphatic rings. The van der Waals surface area contributed by atoms with E-state index in [9.17, 15) is 0 Å². The highest BCUT2D eigenvalue weighted by molar-refractivity contribution is 7.99. The maximum atomic E-state index is 4.19. The van der Waals surface area contributed by atoms with Crippen molar-refractivity contribution < 1.29 is 0 Å². The smallest absolute Gasteiger partial charge is 0.0492 e. The van der Waals surface area contributed by atoms with Gasteiger partial charge in [-0.05, 0) is 38.1 Å². The Balaban J connectivity index is 2.26. The van der Waals surface area contributed by atoms with Gasteiger partial charge in [-0.15, -0.1) is 0 Å². The number of aryl methyl sites for hydroxylation is 2. The molecule has 0 fully saturated rings. The summed E-state index contributed by atoms with van der Waals surface area (Å²) in [6.07, 6.45) is 5.43. The predicted octanol–water partition coefficient (Wildman–Crippen LogP) is 2.08. The average Bonchev–Trinajstić information content (AvgIpc) is 2.69. The zero-order valence-electron chi connectivity index (χ0n) is 10.6. The van der Waals surface area contributed by atoms with E-state index in [0.717, 1.165) is 6.42 Å². The number of aromatic nitrogens is 2. The molecule has 0 saturated heterocycles. The van der Waals surface area contributed by atoms with Crippen LogP contribution in [0.15, 0.2) is 12.3 Å². The van der Waals surface area contributed by atoms with Crippen LogP contribution in [0.5, 0.6) is 0 Å². The molecule has 0 saturated carbocycles. The Morgan fingerprint density at radius 2 is 2.38 bits per heavy atom. The summed E-state index contributed by atoms with van der Waals surface area (Å²) in [5.41, 5.74) is 1.32. The van der Waals surface area contributed by atoms with Crippen molar-refractivity contribution in [1.82, 2.24) is 15.1 Å². The Hall–Kier alpha value is -0.480. The highest BCUT2D eigenvalue weighted by Crippen LogP contribution is 2.10. The van der Waals surface area contributed by atoms with Crippen LogP contribution >= 0.6 is 11.8 Å². The highest BCUT2D eigenvalue weighted by atomic mass is 32.2. The second kappa shape index (κ2) is 7.74. The molecule has 1 N–H and O–H groups in total. The van der Waals surface area contributed by atoms with Gasteiger partial charge in [-0.3, -0.25) is 4.68 Å². The van der Waals surface area contributed by atoms with Crippen molar-refractivity contribution in [3.05, 3.63) is 18.0 Å². The van der Waals surface area contributed by atoms with Gasteiger partial charge in [-0.1, -0.05) is 6.92 Å². The van der Waals surface area contributed by atoms with Gasteiger partial charge in [0, 0.05) is 30.7 Å². The molecule has 0 aromatic carbocycles. The van der Waals surface area contributed by atoms with Crippen LogP contribution in [0.4, 0.5) is 0 Å². The fourth-order valence-electron chi connectivity index (χ4n) is 1.65. The first-order valence-corrected chi connectivity index (χ1v) is 7.15. The van der Waals surface area contributed by atoms with Gasteiger partial charge in [-0.25, -0.2) is 0 Å². The minimum Gasteiger partial charge on any atom is -0.316 e. The van der Waals surface area contributed by atoms with Gasteiger partial charge in [-0.2, -0.15) is 16.9 Å². The maximum Gasteiger partial charge on any atom is 0.0492 e. The van der Waals surface area contributed by atoms with Gasteiger partial charge in [0.1, 0.15) is 0 Å². The molecule has 0 spiro atoms. The molecule has 1 aromatic heterocycles. The molecule has 92 valence electrons. The summed E-state index contributed by atoms with van der Waals surface area (Å²) in [6, 6.07) is 2.72. The van der Waals surface area contributed by atoms with Crippen molar-refractivity contribution in [1.29, 1.82) is 0 Å². The molecule has 0 amide bonds. The summed E-state index contributed by atoms with van der Waals surface area (Å²) in [7, 11) is 4.07. The zero-order valence-corrected chi connectivity index (χ0v) is 11.4. The number of hydrogen-bond donors (Lipinski definition) is 1. The van der Waals surface area contributed by atoms with E-state index in [1.165, 1.54) is 30.0 Å². The van der Waals surface area contributed by atoms with Crippen LogP contribution in [-0.2, 0) is 13.5 Å². The molecule has 1 rings (SSSR count). The SMILES string of the molecule is CCCSCC(CCc1ccnn1C)NC. The lowest BCUT2D eigenvalue weighted by atomic mass is 10.1. The Labute approximate surface area is 103 Å². The summed E-state index contributed by atoms with van der Waals surface area (Å²) in [5, 5.41) is 7.58. The topological polar surface area (TPSA) is 29.9 Å². The van der Waals surface area contributed by atoms with Crippen molar-refractivity contribution in [3.63, 3.8) is 0 Å². The third-order valence-electron chi connectivity index (χ3n) is 2.75. The predicted molar refractivity (Wildman–Crippen MR) is 72.0 cm³/mol. The molecular formula is C12H23N3S. The molecule has 1 unspecified atom stereocenters. The first kappa shape index (κ1) is 13.6. The van der Waals surface area contributed by atoms with E-state index in [0.29, 0.717) is 6.04 Å². The lowest BCUT2D eigenvalue weighted by molar-refractivity contribution is 0.556. The summed E-state index contributed by atoms with van der Waals surface area (Å²) in [6.45, 7) is 2.23. The van der Waals surface area contributed by atoms with Gasteiger partial charge in [0.05, 0.1) is 0 Å². The minimum absolute atomic E-state index is 0.617. The summed E-state index contributed by atoms with van der Waals surface area (Å²) in [4.78, 5) is 0. The third-order valence-corrected chi connectivity index (χ3v) is 4.08. The minimum atomic E-state index is 0.617.